The molecule has 0 spiro atoms. The summed E-state index contributed by atoms with van der Waals surface area (Å²) in [5.74, 6) is -16.3. The molecule has 0 unspecified atom stereocenters. The maximum absolute atomic E-state index is 15.9. The number of allylic oxidation sites excluding steroid dienone is 2. The van der Waals surface area contributed by atoms with Crippen LogP contribution in [0.1, 0.15) is 300 Å². The molecule has 18 atom stereocenters. The van der Waals surface area contributed by atoms with Gasteiger partial charge >= 0.3 is 0 Å². The number of H-pyrrole nitrogens is 1. The van der Waals surface area contributed by atoms with Crippen molar-refractivity contribution in [2.75, 3.05) is 45.9 Å². The lowest BCUT2D eigenvalue weighted by Gasteiger charge is -2.37. The first-order valence-corrected chi connectivity index (χ1v) is 53.2. The van der Waals surface area contributed by atoms with E-state index >= 15 is 19.2 Å². The zero-order valence-corrected chi connectivity index (χ0v) is 89.1. The van der Waals surface area contributed by atoms with Crippen LogP contribution in [0.2, 0.25) is 0 Å². The van der Waals surface area contributed by atoms with Gasteiger partial charge in [-0.1, -0.05) is 163 Å². The minimum Gasteiger partial charge on any atom is -0.394 e. The Labute approximate surface area is 867 Å². The molecule has 30 N–H and O–H groups in total. The number of rotatable bonds is 53. The fourth-order valence-corrected chi connectivity index (χ4v) is 17.5. The maximum atomic E-state index is 15.9. The summed E-state index contributed by atoms with van der Waals surface area (Å²) >= 11 is 0. The molecule has 0 bridgehead atoms. The van der Waals surface area contributed by atoms with Crippen LogP contribution in [0, 0.1) is 23.7 Å². The highest BCUT2D eigenvalue weighted by molar-refractivity contribution is 6.03. The van der Waals surface area contributed by atoms with Crippen LogP contribution in [0.3, 0.4) is 0 Å². The Balaban J connectivity index is 1.76. The molecule has 147 heavy (non-hydrogen) atoms. The van der Waals surface area contributed by atoms with Crippen LogP contribution in [0.4, 0.5) is 0 Å². The number of likely N-dealkylation sites (tertiary alicyclic amines) is 1. The van der Waals surface area contributed by atoms with Crippen molar-refractivity contribution in [3.05, 3.63) is 66.3 Å². The molecule has 44 nitrogen and oxygen atoms in total. The fourth-order valence-electron chi connectivity index (χ4n) is 17.5. The predicted octanol–water partition coefficient (Wildman–Crippen LogP) is 0.560. The number of aromatic nitrogens is 2. The SMILES string of the molecule is CCCC[C@H](NC(=O)[C@H](Cc1cnc[nH]1)NC(=O)[C@H](C)NC(=O)[C@H](CCCC)NC(=O)[C@@H](NC(=O)[C@H](CCCCN)NC(=O)[C@@H]1CCCN1C(=O)[C@]1(C)CCC/C=C\CCCCCC[C@@](C)(NC(=O)[C@H](Cc2ccccc2)NC(=O)CN)C(=O)N[C@@H](CO)C(=O)N[C@@H]([C@@H](C)CC)C(=O)N[C@@H](CC(C)C)C(=O)N[C@@H](CCCCN)C(=O)N[C@@H](CCCCN)C(=O)N[C@@H](C(C)C)C(=O)N1)C(C)C)C(=O)N[C@@H](CCCCN)C(N)=O. The van der Waals surface area contributed by atoms with Gasteiger partial charge in [-0.2, -0.15) is 0 Å². The van der Waals surface area contributed by atoms with Gasteiger partial charge in [0.05, 0.1) is 19.5 Å². The molecule has 0 radical (unpaired) electrons. The second-order valence-corrected chi connectivity index (χ2v) is 40.6. The number of carbonyl (C=O) groups is 18. The van der Waals surface area contributed by atoms with E-state index < -0.39 is 239 Å². The number of carbonyl (C=O) groups excluding carboxylic acids is 18. The Kier molecular flexibility index (Phi) is 59.1. The molecule has 44 heteroatoms. The second kappa shape index (κ2) is 68.1. The minimum absolute atomic E-state index is 0.000791. The van der Waals surface area contributed by atoms with Gasteiger partial charge in [0.25, 0.3) is 0 Å². The Morgan fingerprint density at radius 2 is 0.993 bits per heavy atom. The normalized spacial score (nSPS) is 22.2. The first-order valence-electron chi connectivity index (χ1n) is 53.2. The van der Waals surface area contributed by atoms with Crippen molar-refractivity contribution in [1.82, 2.24) is 99.9 Å². The van der Waals surface area contributed by atoms with Gasteiger partial charge in [-0.25, -0.2) is 4.98 Å². The highest BCUT2D eigenvalue weighted by Gasteiger charge is 2.48. The Morgan fingerprint density at radius 1 is 0.490 bits per heavy atom. The van der Waals surface area contributed by atoms with Crippen LogP contribution in [0.25, 0.3) is 0 Å². The van der Waals surface area contributed by atoms with Crippen molar-refractivity contribution in [3.8, 4) is 0 Å². The number of aromatic amines is 1. The van der Waals surface area contributed by atoms with Gasteiger partial charge in [0.1, 0.15) is 102 Å². The molecule has 4 rings (SSSR count). The van der Waals surface area contributed by atoms with Gasteiger partial charge in [0, 0.05) is 31.3 Å². The number of amides is 18. The molecular weight excluding hydrogens is 1890 g/mol. The third-order valence-corrected chi connectivity index (χ3v) is 26.8. The number of benzene rings is 1. The van der Waals surface area contributed by atoms with E-state index in [2.05, 4.69) is 95.0 Å². The lowest BCUT2D eigenvalue weighted by Crippen LogP contribution is -2.65. The Hall–Kier alpha value is -11.6. The summed E-state index contributed by atoms with van der Waals surface area (Å²) < 4.78 is 0. The minimum atomic E-state index is -1.83. The van der Waals surface area contributed by atoms with E-state index in [0.29, 0.717) is 146 Å². The Morgan fingerprint density at radius 3 is 1.54 bits per heavy atom. The average Bonchev–Trinajstić information content (AvgIpc) is 1.71. The number of hydrogen-bond acceptors (Lipinski definition) is 25. The third-order valence-electron chi connectivity index (χ3n) is 26.8. The molecule has 828 valence electrons. The van der Waals surface area contributed by atoms with Crippen LogP contribution in [-0.4, -0.2) is 274 Å². The number of aliphatic hydroxyl groups is 1. The van der Waals surface area contributed by atoms with E-state index in [-0.39, 0.29) is 116 Å². The predicted molar refractivity (Wildman–Crippen MR) is 558 cm³/mol. The summed E-state index contributed by atoms with van der Waals surface area (Å²) in [6.07, 6.45) is 16.4. The highest BCUT2D eigenvalue weighted by atomic mass is 16.3. The first kappa shape index (κ1) is 128. The van der Waals surface area contributed by atoms with E-state index in [1.165, 1.54) is 38.2 Å². The fraction of sp³-hybridized carbons (Fsp3) is 0.718. The molecule has 2 aliphatic heterocycles. The van der Waals surface area contributed by atoms with Gasteiger partial charge in [-0.05, 0) is 224 Å². The van der Waals surface area contributed by atoms with Crippen molar-refractivity contribution < 1.29 is 91.4 Å². The van der Waals surface area contributed by atoms with Crippen LogP contribution in [-0.2, 0) is 99.1 Å². The Bertz CT molecular complexity index is 4510. The second-order valence-electron chi connectivity index (χ2n) is 40.6. The van der Waals surface area contributed by atoms with Crippen LogP contribution >= 0.6 is 0 Å². The number of hydrogen-bond donors (Lipinski definition) is 24. The first-order chi connectivity index (χ1) is 69.9. The van der Waals surface area contributed by atoms with E-state index in [1.807, 2.05) is 26.0 Å². The van der Waals surface area contributed by atoms with Crippen LogP contribution in [0.15, 0.2) is 55.0 Å². The number of aliphatic hydroxyl groups excluding tert-OH is 1. The summed E-state index contributed by atoms with van der Waals surface area (Å²) in [6, 6.07) is -11.0. The number of nitrogens with two attached hydrogens (primary N) is 6. The van der Waals surface area contributed by atoms with E-state index in [9.17, 15) is 72.2 Å². The number of nitrogens with one attached hydrogen (secondary N) is 17. The van der Waals surface area contributed by atoms with Gasteiger partial charge in [0.15, 0.2) is 0 Å². The summed E-state index contributed by atoms with van der Waals surface area (Å²) in [4.78, 5) is 271. The summed E-state index contributed by atoms with van der Waals surface area (Å²) in [5.41, 5.74) is 32.4. The molecule has 2 aliphatic rings. The van der Waals surface area contributed by atoms with Crippen molar-refractivity contribution >= 4 is 106 Å². The lowest BCUT2D eigenvalue weighted by molar-refractivity contribution is -0.146. The topological polar surface area (TPSA) is 708 Å². The molecule has 0 aliphatic carbocycles. The lowest BCUT2D eigenvalue weighted by atomic mass is 9.90. The van der Waals surface area contributed by atoms with E-state index in [0.717, 1.165) is 0 Å². The molecule has 1 aromatic carbocycles. The molecule has 1 saturated heterocycles. The molecule has 1 fully saturated rings. The van der Waals surface area contributed by atoms with Crippen molar-refractivity contribution in [1.29, 1.82) is 0 Å². The zero-order chi connectivity index (χ0) is 109. The smallest absolute Gasteiger partial charge is 0.248 e. The summed E-state index contributed by atoms with van der Waals surface area (Å²) in [7, 11) is 0. The highest BCUT2D eigenvalue weighted by Crippen LogP contribution is 2.28. The summed E-state index contributed by atoms with van der Waals surface area (Å²) in [5, 5.41) is 55.3. The van der Waals surface area contributed by atoms with Crippen molar-refractivity contribution in [2.24, 2.45) is 58.1 Å². The number of nitrogens with zero attached hydrogens (tertiary/aromatic N) is 2. The average molecular weight is 2070 g/mol. The molecular formula is C103H177N25O19. The van der Waals surface area contributed by atoms with Crippen molar-refractivity contribution in [3.63, 3.8) is 0 Å². The number of primary amides is 1. The van der Waals surface area contributed by atoms with Gasteiger partial charge in [-0.15, -0.1) is 0 Å². The van der Waals surface area contributed by atoms with Crippen LogP contribution < -0.4 is 119 Å². The quantitative estimate of drug-likeness (QED) is 0.0318. The molecule has 18 amide bonds. The summed E-state index contributed by atoms with van der Waals surface area (Å²) in [6.45, 7) is 21.4. The van der Waals surface area contributed by atoms with Crippen LogP contribution in [0.5, 0.6) is 0 Å². The third kappa shape index (κ3) is 44.8. The zero-order valence-electron chi connectivity index (χ0n) is 89.1. The van der Waals surface area contributed by atoms with Gasteiger partial charge < -0.3 is 134 Å². The standard InChI is InChI=1S/C103H177N25O19/c1-14-17-42-71(87(133)112-67(11)86(132)120-78(58-69-60-110-62-111-69)93(139)116-72(43-18-15-2)88(134)114-70(85(109)131)44-29-35-51-104)119-97(143)82(64(6)7)123-91(137)75(47-32-38-54-107)118-96(142)80-48-39-55-128(80)101(147)103(13)50-34-25-23-21-19-20-22-24-33-49-102(12,126-95(141)77(113-81(130)59-108)57-68-40-27-26-28-41-68)100(146)122-79(61-129)94(140)125-84(66(10)16-3)98(144)121-76(56-63(4)5)92(138)117-73(45-30-36-52-105)89(135)115-74(46-31-37-53-106)90(136)124-83(65(8)9)99(145)127-103/h21,23,26-28,40-41,60,62-67,70-80,82-84,129H,14-20,22,24-25,29-39,42-59,61,104-108H2,1-13H3,(H2,109,131)(H,110,111)(H,112,133)(H,113,130)(H,114,134)(H,115,135)(H,116,139)(H,117,138)(H,118,142)(H,119,143)(H,120,132)(H,121,144)(H,122,146)(H,123,137)(H,124,136)(H,125,140)(H,126,141)(H,127,145)/b23-21-/t66-,67-,70-,71-,72-,73-,74-,75-,76-,77-,78-,79-,80-,82-,83-,84-,102+,103-/m0/s1. The van der Waals surface area contributed by atoms with Gasteiger partial charge in [0.2, 0.25) is 106 Å². The molecule has 0 saturated carbocycles. The monoisotopic (exact) mass is 2070 g/mol. The largest absolute Gasteiger partial charge is 0.394 e. The van der Waals surface area contributed by atoms with Crippen molar-refractivity contribution in [2.45, 2.75) is 404 Å². The van der Waals surface area contributed by atoms with E-state index in [1.54, 1.807) is 85.7 Å². The molecule has 1 aromatic heterocycles. The van der Waals surface area contributed by atoms with E-state index in [4.69, 9.17) is 34.4 Å². The van der Waals surface area contributed by atoms with Gasteiger partial charge in [-0.3, -0.25) is 86.3 Å². The molecule has 2 aromatic rings. The number of imidazole rings is 1. The number of unbranched alkanes of at least 4 members (excludes halogenated alkanes) is 6. The maximum Gasteiger partial charge on any atom is 0.248 e. The molecule has 3 heterocycles.